The molecule has 0 saturated carbocycles. The highest BCUT2D eigenvalue weighted by Gasteiger charge is 2.20. The maximum absolute atomic E-state index is 11.3. The Kier molecular flexibility index (Phi) is 7.23. The van der Waals surface area contributed by atoms with Gasteiger partial charge in [0.05, 0.1) is 0 Å². The summed E-state index contributed by atoms with van der Waals surface area (Å²) in [7, 11) is 0. The molecule has 0 aromatic heterocycles. The molecule has 21 heavy (non-hydrogen) atoms. The molecule has 0 aliphatic carbocycles. The Labute approximate surface area is 127 Å². The fourth-order valence-corrected chi connectivity index (χ4v) is 2.15. The van der Waals surface area contributed by atoms with Crippen LogP contribution in [-0.4, -0.2) is 23.7 Å². The van der Waals surface area contributed by atoms with Crippen molar-refractivity contribution in [1.29, 1.82) is 0 Å². The van der Waals surface area contributed by atoms with E-state index >= 15 is 0 Å². The van der Waals surface area contributed by atoms with Gasteiger partial charge in [0.2, 0.25) is 0 Å². The zero-order valence-corrected chi connectivity index (χ0v) is 13.5. The van der Waals surface area contributed by atoms with E-state index in [4.69, 9.17) is 4.74 Å². The van der Waals surface area contributed by atoms with Crippen LogP contribution < -0.4 is 10.1 Å². The number of ether oxygens (including phenoxy) is 1. The molecule has 2 N–H and O–H groups in total. The van der Waals surface area contributed by atoms with Crippen molar-refractivity contribution >= 4 is 5.97 Å². The highest BCUT2D eigenvalue weighted by atomic mass is 16.5. The number of hydrogen-bond donors (Lipinski definition) is 2. The molecule has 0 spiro atoms. The molecule has 1 aromatic carbocycles. The molecule has 0 aliphatic rings. The largest absolute Gasteiger partial charge is 0.479 e. The summed E-state index contributed by atoms with van der Waals surface area (Å²) in [5.41, 5.74) is 1.99. The summed E-state index contributed by atoms with van der Waals surface area (Å²) in [6.07, 6.45) is 0.520. The van der Waals surface area contributed by atoms with Crippen molar-refractivity contribution in [3.8, 4) is 5.75 Å². The van der Waals surface area contributed by atoms with Gasteiger partial charge in [-0.1, -0.05) is 45.4 Å². The predicted octanol–water partition coefficient (Wildman–Crippen LogP) is 3.37. The summed E-state index contributed by atoms with van der Waals surface area (Å²) in [5, 5.41) is 12.6. The molecule has 0 amide bonds. The second-order valence-corrected chi connectivity index (χ2v) is 5.82. The molecule has 1 rings (SSSR count). The molecule has 118 valence electrons. The summed E-state index contributed by atoms with van der Waals surface area (Å²) in [6, 6.07) is 5.91. The molecule has 0 radical (unpaired) electrons. The third-order valence-corrected chi connectivity index (χ3v) is 3.25. The number of aliphatic carboxylic acids is 1. The van der Waals surface area contributed by atoms with Crippen LogP contribution in [0.2, 0.25) is 0 Å². The number of hydrogen-bond acceptors (Lipinski definition) is 3. The van der Waals surface area contributed by atoms with E-state index in [2.05, 4.69) is 19.2 Å². The summed E-state index contributed by atoms with van der Waals surface area (Å²) in [5.74, 6) is 0.377. The Morgan fingerprint density at radius 2 is 2.10 bits per heavy atom. The molecule has 4 heteroatoms. The number of rotatable bonds is 9. The minimum Gasteiger partial charge on any atom is -0.479 e. The SMILES string of the molecule is CCCC(Oc1c(C)cccc1CNCC(C)C)C(=O)O. The van der Waals surface area contributed by atoms with Crippen LogP contribution in [0.5, 0.6) is 5.75 Å². The second kappa shape index (κ2) is 8.67. The lowest BCUT2D eigenvalue weighted by Gasteiger charge is -2.19. The van der Waals surface area contributed by atoms with Crippen molar-refractivity contribution in [3.05, 3.63) is 29.3 Å². The third-order valence-electron chi connectivity index (χ3n) is 3.25. The van der Waals surface area contributed by atoms with Crippen LogP contribution in [0.3, 0.4) is 0 Å². The van der Waals surface area contributed by atoms with E-state index in [0.29, 0.717) is 24.6 Å². The molecule has 0 heterocycles. The van der Waals surface area contributed by atoms with Gasteiger partial charge in [-0.15, -0.1) is 0 Å². The van der Waals surface area contributed by atoms with E-state index in [1.54, 1.807) is 0 Å². The third kappa shape index (κ3) is 5.76. The van der Waals surface area contributed by atoms with Crippen LogP contribution in [0.15, 0.2) is 18.2 Å². The van der Waals surface area contributed by atoms with E-state index in [-0.39, 0.29) is 0 Å². The number of nitrogens with one attached hydrogen (secondary N) is 1. The first kappa shape index (κ1) is 17.5. The van der Waals surface area contributed by atoms with Gasteiger partial charge in [0.15, 0.2) is 6.10 Å². The van der Waals surface area contributed by atoms with Gasteiger partial charge in [-0.3, -0.25) is 0 Å². The average molecular weight is 293 g/mol. The first-order valence-electron chi connectivity index (χ1n) is 7.64. The van der Waals surface area contributed by atoms with E-state index in [1.165, 1.54) is 0 Å². The number of aryl methyl sites for hydroxylation is 1. The summed E-state index contributed by atoms with van der Waals surface area (Å²) in [4.78, 5) is 11.3. The number of benzene rings is 1. The van der Waals surface area contributed by atoms with E-state index < -0.39 is 12.1 Å². The van der Waals surface area contributed by atoms with Crippen molar-refractivity contribution < 1.29 is 14.6 Å². The molecule has 0 aliphatic heterocycles. The van der Waals surface area contributed by atoms with Crippen LogP contribution in [0.25, 0.3) is 0 Å². The smallest absolute Gasteiger partial charge is 0.344 e. The Morgan fingerprint density at radius 1 is 1.38 bits per heavy atom. The van der Waals surface area contributed by atoms with E-state index in [0.717, 1.165) is 24.1 Å². The highest BCUT2D eigenvalue weighted by Crippen LogP contribution is 2.25. The quantitative estimate of drug-likeness (QED) is 0.733. The molecule has 1 unspecified atom stereocenters. The maximum atomic E-state index is 11.3. The van der Waals surface area contributed by atoms with Crippen molar-refractivity contribution in [1.82, 2.24) is 5.32 Å². The van der Waals surface area contributed by atoms with E-state index in [1.807, 2.05) is 32.0 Å². The summed E-state index contributed by atoms with van der Waals surface area (Å²) < 4.78 is 5.80. The van der Waals surface area contributed by atoms with Gasteiger partial charge in [0.25, 0.3) is 0 Å². The fourth-order valence-electron chi connectivity index (χ4n) is 2.15. The second-order valence-electron chi connectivity index (χ2n) is 5.82. The van der Waals surface area contributed by atoms with Crippen LogP contribution in [0.4, 0.5) is 0 Å². The lowest BCUT2D eigenvalue weighted by Crippen LogP contribution is -2.28. The number of carboxylic acids is 1. The minimum atomic E-state index is -0.902. The van der Waals surface area contributed by atoms with Crippen LogP contribution in [0.1, 0.15) is 44.7 Å². The van der Waals surface area contributed by atoms with Gasteiger partial charge in [0.1, 0.15) is 5.75 Å². The molecule has 0 saturated heterocycles. The molecule has 1 aromatic rings. The molecular formula is C17H27NO3. The number of para-hydroxylation sites is 1. The highest BCUT2D eigenvalue weighted by molar-refractivity contribution is 5.72. The fraction of sp³-hybridized carbons (Fsp3) is 0.588. The first-order valence-corrected chi connectivity index (χ1v) is 7.64. The summed E-state index contributed by atoms with van der Waals surface area (Å²) in [6.45, 7) is 9.83. The maximum Gasteiger partial charge on any atom is 0.344 e. The molecule has 1 atom stereocenters. The lowest BCUT2D eigenvalue weighted by atomic mass is 10.1. The van der Waals surface area contributed by atoms with Gasteiger partial charge < -0.3 is 15.2 Å². The zero-order chi connectivity index (χ0) is 15.8. The summed E-state index contributed by atoms with van der Waals surface area (Å²) >= 11 is 0. The minimum absolute atomic E-state index is 0.516. The van der Waals surface area contributed by atoms with E-state index in [9.17, 15) is 9.90 Å². The number of carboxylic acid groups (broad SMARTS) is 1. The standard InChI is InChI=1S/C17H27NO3/c1-5-7-15(17(19)20)21-16-13(4)8-6-9-14(16)11-18-10-12(2)3/h6,8-9,12,15,18H,5,7,10-11H2,1-4H3,(H,19,20). The monoisotopic (exact) mass is 293 g/mol. The normalized spacial score (nSPS) is 12.4. The molecule has 0 fully saturated rings. The molecule has 0 bridgehead atoms. The molecule has 4 nitrogen and oxygen atoms in total. The molecular weight excluding hydrogens is 266 g/mol. The van der Waals surface area contributed by atoms with Gasteiger partial charge in [-0.25, -0.2) is 4.79 Å². The zero-order valence-electron chi connectivity index (χ0n) is 13.5. The van der Waals surface area contributed by atoms with Crippen molar-refractivity contribution in [2.75, 3.05) is 6.54 Å². The first-order chi connectivity index (χ1) is 9.95. The van der Waals surface area contributed by atoms with Crippen molar-refractivity contribution in [2.45, 2.75) is 53.2 Å². The predicted molar refractivity (Wildman–Crippen MR) is 84.7 cm³/mol. The van der Waals surface area contributed by atoms with Gasteiger partial charge in [-0.2, -0.15) is 0 Å². The topological polar surface area (TPSA) is 58.6 Å². The number of carbonyl (C=O) groups is 1. The lowest BCUT2D eigenvalue weighted by molar-refractivity contribution is -0.145. The van der Waals surface area contributed by atoms with Gasteiger partial charge in [0, 0.05) is 12.1 Å². The Morgan fingerprint density at radius 3 is 2.67 bits per heavy atom. The van der Waals surface area contributed by atoms with Crippen LogP contribution >= 0.6 is 0 Å². The van der Waals surface area contributed by atoms with Gasteiger partial charge >= 0.3 is 5.97 Å². The van der Waals surface area contributed by atoms with Crippen LogP contribution in [0, 0.1) is 12.8 Å². The van der Waals surface area contributed by atoms with Crippen LogP contribution in [-0.2, 0) is 11.3 Å². The Balaban J connectivity index is 2.85. The Bertz CT molecular complexity index is 457. The van der Waals surface area contributed by atoms with Gasteiger partial charge in [-0.05, 0) is 31.4 Å². The van der Waals surface area contributed by atoms with Crippen molar-refractivity contribution in [2.24, 2.45) is 5.92 Å². The Hall–Kier alpha value is -1.55. The average Bonchev–Trinajstić information content (AvgIpc) is 2.40. The van der Waals surface area contributed by atoms with Crippen molar-refractivity contribution in [3.63, 3.8) is 0 Å².